The molecule has 0 saturated heterocycles. The molecule has 0 bridgehead atoms. The van der Waals surface area contributed by atoms with Gasteiger partial charge in [-0.25, -0.2) is 0 Å². The fourth-order valence-electron chi connectivity index (χ4n) is 2.91. The average molecular weight is 283 g/mol. The zero-order valence-electron chi connectivity index (χ0n) is 12.7. The highest BCUT2D eigenvalue weighted by Crippen LogP contribution is 2.24. The van der Waals surface area contributed by atoms with Crippen molar-refractivity contribution in [1.82, 2.24) is 10.2 Å². The van der Waals surface area contributed by atoms with Gasteiger partial charge in [0.15, 0.2) is 0 Å². The van der Waals surface area contributed by atoms with Crippen LogP contribution in [-0.4, -0.2) is 32.1 Å². The Kier molecular flexibility index (Phi) is 6.84. The van der Waals surface area contributed by atoms with Crippen LogP contribution in [0.3, 0.4) is 0 Å². The van der Waals surface area contributed by atoms with Crippen LogP contribution in [0.2, 0.25) is 5.02 Å². The van der Waals surface area contributed by atoms with E-state index >= 15 is 0 Å². The van der Waals surface area contributed by atoms with Crippen LogP contribution in [0, 0.1) is 5.41 Å². The minimum absolute atomic E-state index is 0.330. The molecule has 1 atom stereocenters. The van der Waals surface area contributed by atoms with Crippen LogP contribution in [0.4, 0.5) is 0 Å². The second-order valence-electron chi connectivity index (χ2n) is 5.89. The smallest absolute Gasteiger partial charge is 0.0409 e. The van der Waals surface area contributed by atoms with Crippen molar-refractivity contribution in [2.24, 2.45) is 5.41 Å². The summed E-state index contributed by atoms with van der Waals surface area (Å²) >= 11 is 6.03. The molecule has 1 N–H and O–H groups in total. The highest BCUT2D eigenvalue weighted by atomic mass is 35.5. The number of nitrogens with zero attached hydrogens (tertiary/aromatic N) is 1. The third-order valence-corrected chi connectivity index (χ3v) is 3.69. The van der Waals surface area contributed by atoms with Crippen LogP contribution in [0.15, 0.2) is 24.3 Å². The Morgan fingerprint density at radius 1 is 1.37 bits per heavy atom. The lowest BCUT2D eigenvalue weighted by Gasteiger charge is -2.33. The summed E-state index contributed by atoms with van der Waals surface area (Å²) in [5.74, 6) is 0. The normalized spacial score (nSPS) is 14.6. The average Bonchev–Trinajstić information content (AvgIpc) is 2.28. The molecular formula is C16H27ClN2. The first-order chi connectivity index (χ1) is 8.99. The van der Waals surface area contributed by atoms with Gasteiger partial charge >= 0.3 is 0 Å². The molecule has 0 aliphatic rings. The Bertz CT molecular complexity index is 373. The van der Waals surface area contributed by atoms with E-state index in [9.17, 15) is 0 Å². The van der Waals surface area contributed by atoms with Crippen LogP contribution in [0.1, 0.15) is 32.3 Å². The van der Waals surface area contributed by atoms with Crippen LogP contribution in [0.25, 0.3) is 0 Å². The summed E-state index contributed by atoms with van der Waals surface area (Å²) in [6.45, 7) is 7.71. The highest BCUT2D eigenvalue weighted by molar-refractivity contribution is 6.30. The summed E-state index contributed by atoms with van der Waals surface area (Å²) in [6.07, 6.45) is 2.47. The Morgan fingerprint density at radius 2 is 2.11 bits per heavy atom. The number of hydrogen-bond acceptors (Lipinski definition) is 2. The zero-order chi connectivity index (χ0) is 14.3. The van der Waals surface area contributed by atoms with Gasteiger partial charge in [0.25, 0.3) is 0 Å². The van der Waals surface area contributed by atoms with Gasteiger partial charge in [-0.1, -0.05) is 44.0 Å². The first-order valence-corrected chi connectivity index (χ1v) is 7.44. The van der Waals surface area contributed by atoms with E-state index in [-0.39, 0.29) is 0 Å². The van der Waals surface area contributed by atoms with Crippen molar-refractivity contribution < 1.29 is 0 Å². The summed E-state index contributed by atoms with van der Waals surface area (Å²) in [6, 6.07) is 8.13. The maximum absolute atomic E-state index is 6.03. The Morgan fingerprint density at radius 3 is 2.68 bits per heavy atom. The molecule has 1 rings (SSSR count). The van der Waals surface area contributed by atoms with Crippen molar-refractivity contribution in [3.8, 4) is 0 Å². The number of benzene rings is 1. The monoisotopic (exact) mass is 282 g/mol. The minimum Gasteiger partial charge on any atom is -0.319 e. The Balaban J connectivity index is 2.59. The molecule has 0 heterocycles. The van der Waals surface area contributed by atoms with E-state index in [1.807, 2.05) is 25.2 Å². The molecule has 0 spiro atoms. The molecule has 0 aliphatic heterocycles. The summed E-state index contributed by atoms with van der Waals surface area (Å²) in [5, 5.41) is 4.14. The lowest BCUT2D eigenvalue weighted by atomic mass is 9.85. The standard InChI is InChI=1S/C16H27ClN2/c1-5-9-16(2,12-18-3)13-19(4)11-14-7-6-8-15(17)10-14/h6-8,10,18H,5,9,11-13H2,1-4H3. The van der Waals surface area contributed by atoms with Gasteiger partial charge in [0.1, 0.15) is 0 Å². The third kappa shape index (κ3) is 5.94. The third-order valence-electron chi connectivity index (χ3n) is 3.45. The molecule has 1 aromatic carbocycles. The van der Waals surface area contributed by atoms with E-state index in [1.165, 1.54) is 18.4 Å². The predicted octanol–water partition coefficient (Wildman–Crippen LogP) is 3.80. The van der Waals surface area contributed by atoms with Gasteiger partial charge in [0.2, 0.25) is 0 Å². The van der Waals surface area contributed by atoms with Crippen molar-refractivity contribution in [3.63, 3.8) is 0 Å². The molecular weight excluding hydrogens is 256 g/mol. The van der Waals surface area contributed by atoms with Gasteiger partial charge in [0, 0.05) is 24.7 Å². The van der Waals surface area contributed by atoms with E-state index in [4.69, 9.17) is 11.6 Å². The van der Waals surface area contributed by atoms with Crippen molar-refractivity contribution >= 4 is 11.6 Å². The number of rotatable bonds is 8. The molecule has 0 fully saturated rings. The fraction of sp³-hybridized carbons (Fsp3) is 0.625. The van der Waals surface area contributed by atoms with E-state index in [2.05, 4.69) is 37.2 Å². The van der Waals surface area contributed by atoms with Gasteiger partial charge in [0.05, 0.1) is 0 Å². The maximum atomic E-state index is 6.03. The molecule has 0 aromatic heterocycles. The predicted molar refractivity (Wildman–Crippen MR) is 84.7 cm³/mol. The van der Waals surface area contributed by atoms with Gasteiger partial charge in [-0.05, 0) is 43.6 Å². The minimum atomic E-state index is 0.330. The van der Waals surface area contributed by atoms with Crippen LogP contribution in [-0.2, 0) is 6.54 Å². The topological polar surface area (TPSA) is 15.3 Å². The molecule has 0 saturated carbocycles. The van der Waals surface area contributed by atoms with Gasteiger partial charge in [-0.15, -0.1) is 0 Å². The SMILES string of the molecule is CCCC(C)(CNC)CN(C)Cc1cccc(Cl)c1. The quantitative estimate of drug-likeness (QED) is 0.780. The van der Waals surface area contributed by atoms with Crippen LogP contribution in [0.5, 0.6) is 0 Å². The Hall–Kier alpha value is -0.570. The largest absolute Gasteiger partial charge is 0.319 e. The second kappa shape index (κ2) is 7.88. The number of hydrogen-bond donors (Lipinski definition) is 1. The lowest BCUT2D eigenvalue weighted by molar-refractivity contribution is 0.171. The molecule has 19 heavy (non-hydrogen) atoms. The molecule has 1 aromatic rings. The van der Waals surface area contributed by atoms with E-state index in [0.29, 0.717) is 5.41 Å². The first kappa shape index (κ1) is 16.5. The number of nitrogens with one attached hydrogen (secondary N) is 1. The summed E-state index contributed by atoms with van der Waals surface area (Å²) in [7, 11) is 4.22. The van der Waals surface area contributed by atoms with Crippen LogP contribution < -0.4 is 5.32 Å². The van der Waals surface area contributed by atoms with Crippen molar-refractivity contribution in [2.45, 2.75) is 33.2 Å². The number of halogens is 1. The van der Waals surface area contributed by atoms with Crippen molar-refractivity contribution in [1.29, 1.82) is 0 Å². The fourth-order valence-corrected chi connectivity index (χ4v) is 3.12. The van der Waals surface area contributed by atoms with Gasteiger partial charge in [-0.3, -0.25) is 0 Å². The summed E-state index contributed by atoms with van der Waals surface area (Å²) in [4.78, 5) is 2.39. The first-order valence-electron chi connectivity index (χ1n) is 7.06. The molecule has 108 valence electrons. The summed E-state index contributed by atoms with van der Waals surface area (Å²) < 4.78 is 0. The molecule has 1 unspecified atom stereocenters. The van der Waals surface area contributed by atoms with E-state index in [0.717, 1.165) is 24.7 Å². The Labute approximate surface area is 123 Å². The van der Waals surface area contributed by atoms with Crippen LogP contribution >= 0.6 is 11.6 Å². The van der Waals surface area contributed by atoms with Gasteiger partial charge in [-0.2, -0.15) is 0 Å². The van der Waals surface area contributed by atoms with Crippen molar-refractivity contribution in [3.05, 3.63) is 34.9 Å². The highest BCUT2D eigenvalue weighted by Gasteiger charge is 2.24. The maximum Gasteiger partial charge on any atom is 0.0409 e. The zero-order valence-corrected chi connectivity index (χ0v) is 13.4. The lowest BCUT2D eigenvalue weighted by Crippen LogP contribution is -2.39. The summed E-state index contributed by atoms with van der Waals surface area (Å²) in [5.41, 5.74) is 1.61. The van der Waals surface area contributed by atoms with Gasteiger partial charge < -0.3 is 10.2 Å². The molecule has 0 aliphatic carbocycles. The molecule has 2 nitrogen and oxygen atoms in total. The van der Waals surface area contributed by atoms with E-state index in [1.54, 1.807) is 0 Å². The van der Waals surface area contributed by atoms with Crippen molar-refractivity contribution in [2.75, 3.05) is 27.2 Å². The van der Waals surface area contributed by atoms with E-state index < -0.39 is 0 Å². The molecule has 3 heteroatoms. The second-order valence-corrected chi connectivity index (χ2v) is 6.33. The molecule has 0 amide bonds. The molecule has 0 radical (unpaired) electrons.